The van der Waals surface area contributed by atoms with E-state index in [1.54, 1.807) is 13.2 Å². The summed E-state index contributed by atoms with van der Waals surface area (Å²) in [6.45, 7) is 2.68. The van der Waals surface area contributed by atoms with E-state index in [0.29, 0.717) is 24.1 Å². The number of aromatic nitrogens is 2. The number of hydrogen-bond acceptors (Lipinski definition) is 6. The normalized spacial score (nSPS) is 12.3. The Hall–Kier alpha value is -2.50. The van der Waals surface area contributed by atoms with Crippen LogP contribution < -0.4 is 19.5 Å². The third-order valence-corrected chi connectivity index (χ3v) is 2.96. The number of nitrogens with one attached hydrogen (secondary N) is 1. The molecule has 0 unspecified atom stereocenters. The zero-order valence-corrected chi connectivity index (χ0v) is 11.3. The molecule has 2 aromatic rings. The van der Waals surface area contributed by atoms with Crippen LogP contribution in [0, 0.1) is 6.92 Å². The molecule has 0 atom stereocenters. The fourth-order valence-electron chi connectivity index (χ4n) is 2.05. The van der Waals surface area contributed by atoms with Crippen LogP contribution in [0.1, 0.15) is 11.4 Å². The van der Waals surface area contributed by atoms with Crippen molar-refractivity contribution in [2.75, 3.05) is 19.2 Å². The number of nitrogens with zero attached hydrogens (tertiary/aromatic N) is 2. The summed E-state index contributed by atoms with van der Waals surface area (Å²) in [5, 5.41) is 3.24. The van der Waals surface area contributed by atoms with Gasteiger partial charge in [0, 0.05) is 18.2 Å². The molecule has 104 valence electrons. The minimum absolute atomic E-state index is 0.271. The third-order valence-electron chi connectivity index (χ3n) is 2.96. The van der Waals surface area contributed by atoms with Crippen molar-refractivity contribution < 1.29 is 14.2 Å². The minimum atomic E-state index is 0.271. The summed E-state index contributed by atoms with van der Waals surface area (Å²) in [4.78, 5) is 8.46. The first-order valence-electron chi connectivity index (χ1n) is 6.27. The van der Waals surface area contributed by atoms with E-state index in [1.807, 2.05) is 25.1 Å². The van der Waals surface area contributed by atoms with Gasteiger partial charge in [0.2, 0.25) is 12.7 Å². The smallest absolute Gasteiger partial charge is 0.231 e. The Kier molecular flexibility index (Phi) is 3.28. The van der Waals surface area contributed by atoms with Crippen LogP contribution in [0.2, 0.25) is 0 Å². The molecule has 0 fully saturated rings. The lowest BCUT2D eigenvalue weighted by Gasteiger charge is -2.09. The lowest BCUT2D eigenvalue weighted by Crippen LogP contribution is -2.05. The SMILES string of the molecule is COc1cc(NCc2cccc3c2OCO3)nc(C)n1. The molecule has 1 N–H and O–H groups in total. The Morgan fingerprint density at radius 2 is 2.20 bits per heavy atom. The largest absolute Gasteiger partial charge is 0.481 e. The van der Waals surface area contributed by atoms with E-state index < -0.39 is 0 Å². The highest BCUT2D eigenvalue weighted by molar-refractivity contribution is 5.50. The fraction of sp³-hybridized carbons (Fsp3) is 0.286. The second-order valence-corrected chi connectivity index (χ2v) is 4.35. The first kappa shape index (κ1) is 12.5. The first-order chi connectivity index (χ1) is 9.76. The van der Waals surface area contributed by atoms with E-state index in [1.165, 1.54) is 0 Å². The number of fused-ring (bicyclic) bond motifs is 1. The van der Waals surface area contributed by atoms with E-state index in [4.69, 9.17) is 14.2 Å². The van der Waals surface area contributed by atoms with Crippen LogP contribution in [0.4, 0.5) is 5.82 Å². The summed E-state index contributed by atoms with van der Waals surface area (Å²) in [6, 6.07) is 7.58. The number of anilines is 1. The molecule has 20 heavy (non-hydrogen) atoms. The van der Waals surface area contributed by atoms with Gasteiger partial charge in [-0.2, -0.15) is 4.98 Å². The topological polar surface area (TPSA) is 65.5 Å². The van der Waals surface area contributed by atoms with Crippen LogP contribution in [0.25, 0.3) is 0 Å². The van der Waals surface area contributed by atoms with Gasteiger partial charge in [-0.05, 0) is 13.0 Å². The maximum Gasteiger partial charge on any atom is 0.231 e. The van der Waals surface area contributed by atoms with Crippen LogP contribution >= 0.6 is 0 Å². The Balaban J connectivity index is 1.77. The predicted molar refractivity (Wildman–Crippen MR) is 73.2 cm³/mol. The van der Waals surface area contributed by atoms with Gasteiger partial charge >= 0.3 is 0 Å². The van der Waals surface area contributed by atoms with E-state index in [0.717, 1.165) is 17.1 Å². The van der Waals surface area contributed by atoms with Crippen molar-refractivity contribution in [3.8, 4) is 17.4 Å². The summed E-state index contributed by atoms with van der Waals surface area (Å²) in [6.07, 6.45) is 0. The number of ether oxygens (including phenoxy) is 3. The highest BCUT2D eigenvalue weighted by Gasteiger charge is 2.16. The molecule has 3 rings (SSSR count). The highest BCUT2D eigenvalue weighted by Crippen LogP contribution is 2.35. The van der Waals surface area contributed by atoms with Gasteiger partial charge < -0.3 is 19.5 Å². The summed E-state index contributed by atoms with van der Waals surface area (Å²) in [7, 11) is 1.58. The molecular formula is C14H15N3O3. The van der Waals surface area contributed by atoms with Crippen molar-refractivity contribution in [2.45, 2.75) is 13.5 Å². The molecule has 0 saturated carbocycles. The number of benzene rings is 1. The van der Waals surface area contributed by atoms with Crippen LogP contribution in [-0.2, 0) is 6.54 Å². The molecule has 6 nitrogen and oxygen atoms in total. The molecule has 0 amide bonds. The van der Waals surface area contributed by atoms with Gasteiger partial charge in [-0.15, -0.1) is 0 Å². The van der Waals surface area contributed by atoms with Gasteiger partial charge in [-0.1, -0.05) is 12.1 Å². The van der Waals surface area contributed by atoms with Crippen molar-refractivity contribution in [1.29, 1.82) is 0 Å². The lowest BCUT2D eigenvalue weighted by atomic mass is 10.2. The molecular weight excluding hydrogens is 258 g/mol. The highest BCUT2D eigenvalue weighted by atomic mass is 16.7. The summed E-state index contributed by atoms with van der Waals surface area (Å²) < 4.78 is 15.9. The average molecular weight is 273 g/mol. The predicted octanol–water partition coefficient (Wildman–Crippen LogP) is 2.13. The molecule has 1 aromatic heterocycles. The van der Waals surface area contributed by atoms with Gasteiger partial charge in [-0.25, -0.2) is 4.98 Å². The molecule has 6 heteroatoms. The molecule has 1 aliphatic rings. The Morgan fingerprint density at radius 1 is 1.30 bits per heavy atom. The molecule has 0 saturated heterocycles. The molecule has 0 spiro atoms. The Bertz CT molecular complexity index is 631. The fourth-order valence-corrected chi connectivity index (χ4v) is 2.05. The maximum atomic E-state index is 5.47. The summed E-state index contributed by atoms with van der Waals surface area (Å²) >= 11 is 0. The first-order valence-corrected chi connectivity index (χ1v) is 6.27. The number of methoxy groups -OCH3 is 1. The zero-order chi connectivity index (χ0) is 13.9. The van der Waals surface area contributed by atoms with Crippen molar-refractivity contribution in [3.05, 3.63) is 35.7 Å². The molecule has 1 aromatic carbocycles. The average Bonchev–Trinajstić information content (AvgIpc) is 2.93. The van der Waals surface area contributed by atoms with Crippen molar-refractivity contribution >= 4 is 5.82 Å². The van der Waals surface area contributed by atoms with E-state index in [-0.39, 0.29) is 6.79 Å². The van der Waals surface area contributed by atoms with Crippen LogP contribution in [0.15, 0.2) is 24.3 Å². The quantitative estimate of drug-likeness (QED) is 0.920. The standard InChI is InChI=1S/C14H15N3O3/c1-9-16-12(6-13(17-9)18-2)15-7-10-4-3-5-11-14(10)20-8-19-11/h3-6H,7-8H2,1-2H3,(H,15,16,17). The van der Waals surface area contributed by atoms with E-state index in [9.17, 15) is 0 Å². The molecule has 2 heterocycles. The van der Waals surface area contributed by atoms with Crippen LogP contribution in [0.5, 0.6) is 17.4 Å². The van der Waals surface area contributed by atoms with Gasteiger partial charge in [0.15, 0.2) is 11.5 Å². The minimum Gasteiger partial charge on any atom is -0.481 e. The van der Waals surface area contributed by atoms with Crippen molar-refractivity contribution in [3.63, 3.8) is 0 Å². The second kappa shape index (κ2) is 5.24. The number of para-hydroxylation sites is 1. The number of rotatable bonds is 4. The molecule has 0 radical (unpaired) electrons. The number of hydrogen-bond donors (Lipinski definition) is 1. The van der Waals surface area contributed by atoms with Crippen LogP contribution in [-0.4, -0.2) is 23.9 Å². The van der Waals surface area contributed by atoms with Gasteiger partial charge in [0.05, 0.1) is 7.11 Å². The van der Waals surface area contributed by atoms with Crippen molar-refractivity contribution in [2.24, 2.45) is 0 Å². The Labute approximate surface area is 116 Å². The molecule has 0 aliphatic carbocycles. The maximum absolute atomic E-state index is 5.47. The third kappa shape index (κ3) is 2.45. The summed E-state index contributed by atoms with van der Waals surface area (Å²) in [5.41, 5.74) is 1.02. The van der Waals surface area contributed by atoms with Crippen molar-refractivity contribution in [1.82, 2.24) is 9.97 Å². The zero-order valence-electron chi connectivity index (χ0n) is 11.3. The summed E-state index contributed by atoms with van der Waals surface area (Å²) in [5.74, 6) is 3.48. The molecule has 1 aliphatic heterocycles. The number of aryl methyl sites for hydroxylation is 1. The van der Waals surface area contributed by atoms with Gasteiger partial charge in [-0.3, -0.25) is 0 Å². The van der Waals surface area contributed by atoms with Crippen LogP contribution in [0.3, 0.4) is 0 Å². The van der Waals surface area contributed by atoms with E-state index in [2.05, 4.69) is 15.3 Å². The molecule has 0 bridgehead atoms. The monoisotopic (exact) mass is 273 g/mol. The second-order valence-electron chi connectivity index (χ2n) is 4.35. The van der Waals surface area contributed by atoms with Gasteiger partial charge in [0.25, 0.3) is 0 Å². The van der Waals surface area contributed by atoms with E-state index >= 15 is 0 Å². The lowest BCUT2D eigenvalue weighted by molar-refractivity contribution is 0.173. The van der Waals surface area contributed by atoms with Gasteiger partial charge in [0.1, 0.15) is 11.6 Å². The Morgan fingerprint density at radius 3 is 3.05 bits per heavy atom.